The molecule has 0 saturated carbocycles. The molecule has 2 atom stereocenters. The number of aromatic nitrogens is 2. The van der Waals surface area contributed by atoms with Gasteiger partial charge in [-0.2, -0.15) is 0 Å². The number of pyridine rings is 1. The maximum atomic E-state index is 13.6. The number of H-pyrrole nitrogens is 1. The topological polar surface area (TPSA) is 130 Å². The van der Waals surface area contributed by atoms with Gasteiger partial charge in [0, 0.05) is 35.4 Å². The predicted molar refractivity (Wildman–Crippen MR) is 125 cm³/mol. The summed E-state index contributed by atoms with van der Waals surface area (Å²) in [6.07, 6.45) is 4.70. The number of nitrogens with one attached hydrogen (secondary N) is 3. The summed E-state index contributed by atoms with van der Waals surface area (Å²) in [6.45, 7) is 3.64. The maximum absolute atomic E-state index is 13.6. The molecule has 0 spiro atoms. The summed E-state index contributed by atoms with van der Waals surface area (Å²) in [5.41, 5.74) is 8.18. The lowest BCUT2D eigenvalue weighted by molar-refractivity contribution is -0.136. The van der Waals surface area contributed by atoms with Crippen molar-refractivity contribution < 1.29 is 14.4 Å². The molecule has 1 aliphatic rings. The first-order valence-corrected chi connectivity index (χ1v) is 11.2. The Bertz CT molecular complexity index is 1190. The molecule has 0 fully saturated rings. The third kappa shape index (κ3) is 4.60. The molecule has 0 saturated heterocycles. The number of aryl methyl sites for hydroxylation is 1. The van der Waals surface area contributed by atoms with Crippen LogP contribution in [0.5, 0.6) is 0 Å². The number of fused-ring (bicyclic) bond motifs is 3. The normalized spacial score (nSPS) is 18.5. The van der Waals surface area contributed by atoms with Crippen molar-refractivity contribution in [3.8, 4) is 0 Å². The second kappa shape index (κ2) is 9.05. The van der Waals surface area contributed by atoms with Crippen LogP contribution < -0.4 is 16.4 Å². The first-order valence-electron chi connectivity index (χ1n) is 11.2. The molecule has 8 nitrogen and oxygen atoms in total. The molecule has 8 heteroatoms. The van der Waals surface area contributed by atoms with E-state index in [-0.39, 0.29) is 18.2 Å². The molecule has 33 heavy (non-hydrogen) atoms. The lowest BCUT2D eigenvalue weighted by Gasteiger charge is -2.38. The van der Waals surface area contributed by atoms with E-state index in [1.807, 2.05) is 44.2 Å². The molecule has 5 N–H and O–H groups in total. The number of hydrogen-bond acceptors (Lipinski definition) is 4. The Kier molecular flexibility index (Phi) is 6.18. The lowest BCUT2D eigenvalue weighted by Crippen LogP contribution is -2.64. The predicted octanol–water partition coefficient (Wildman–Crippen LogP) is 1.78. The fourth-order valence-corrected chi connectivity index (χ4v) is 4.60. The molecule has 0 unspecified atom stereocenters. The molecular formula is C25H29N5O3. The van der Waals surface area contributed by atoms with Crippen molar-refractivity contribution in [3.05, 3.63) is 65.6 Å². The first kappa shape index (κ1) is 22.5. The van der Waals surface area contributed by atoms with E-state index in [0.717, 1.165) is 27.7 Å². The number of hydrogen-bond donors (Lipinski definition) is 4. The summed E-state index contributed by atoms with van der Waals surface area (Å²) in [7, 11) is 0. The molecule has 0 aliphatic heterocycles. The van der Waals surface area contributed by atoms with Crippen molar-refractivity contribution in [2.24, 2.45) is 11.7 Å². The Labute approximate surface area is 192 Å². The quantitative estimate of drug-likeness (QED) is 0.440. The summed E-state index contributed by atoms with van der Waals surface area (Å²) in [5.74, 6) is -1.45. The fraction of sp³-hybridized carbons (Fsp3) is 0.360. The number of carbonyl (C=O) groups is 3. The van der Waals surface area contributed by atoms with Gasteiger partial charge in [0.05, 0.1) is 6.42 Å². The smallest absolute Gasteiger partial charge is 0.246 e. The van der Waals surface area contributed by atoms with E-state index >= 15 is 0 Å². The number of rotatable bonds is 7. The van der Waals surface area contributed by atoms with Crippen molar-refractivity contribution in [1.82, 2.24) is 20.6 Å². The number of aromatic amines is 1. The molecule has 4 rings (SSSR count). The van der Waals surface area contributed by atoms with E-state index in [1.165, 1.54) is 0 Å². The largest absolute Gasteiger partial charge is 0.368 e. The van der Waals surface area contributed by atoms with Crippen LogP contribution in [-0.2, 0) is 33.6 Å². The van der Waals surface area contributed by atoms with Crippen LogP contribution in [0.1, 0.15) is 37.1 Å². The summed E-state index contributed by atoms with van der Waals surface area (Å²) in [4.78, 5) is 46.1. The Balaban J connectivity index is 1.67. The van der Waals surface area contributed by atoms with Crippen LogP contribution in [0.2, 0.25) is 0 Å². The zero-order valence-electron chi connectivity index (χ0n) is 18.9. The van der Waals surface area contributed by atoms with E-state index in [2.05, 4.69) is 20.6 Å². The molecular weight excluding hydrogens is 418 g/mol. The van der Waals surface area contributed by atoms with Crippen molar-refractivity contribution >= 4 is 28.6 Å². The zero-order valence-corrected chi connectivity index (χ0v) is 18.9. The fourth-order valence-electron chi connectivity index (χ4n) is 4.60. The van der Waals surface area contributed by atoms with Gasteiger partial charge in [-0.3, -0.25) is 19.4 Å². The van der Waals surface area contributed by atoms with Gasteiger partial charge in [-0.25, -0.2) is 0 Å². The van der Waals surface area contributed by atoms with E-state index in [4.69, 9.17) is 5.73 Å². The molecule has 0 bridgehead atoms. The van der Waals surface area contributed by atoms with Gasteiger partial charge >= 0.3 is 0 Å². The number of amides is 3. The highest BCUT2D eigenvalue weighted by Gasteiger charge is 2.45. The number of nitrogens with two attached hydrogens (primary N) is 1. The Morgan fingerprint density at radius 1 is 1.18 bits per heavy atom. The van der Waals surface area contributed by atoms with Gasteiger partial charge < -0.3 is 21.4 Å². The van der Waals surface area contributed by atoms with Crippen molar-refractivity contribution in [3.63, 3.8) is 0 Å². The van der Waals surface area contributed by atoms with Gasteiger partial charge in [0.2, 0.25) is 17.7 Å². The van der Waals surface area contributed by atoms with Gasteiger partial charge in [0.25, 0.3) is 0 Å². The number of para-hydroxylation sites is 1. The molecule has 3 amide bonds. The van der Waals surface area contributed by atoms with Crippen molar-refractivity contribution in [2.75, 3.05) is 0 Å². The number of nitrogens with zero attached hydrogens (tertiary/aromatic N) is 1. The summed E-state index contributed by atoms with van der Waals surface area (Å²) < 4.78 is 0. The standard InChI is InChI=1S/C25H29N5O3/c1-15(2)22(23(26)32)29-24(33)25(30-21(31)12-16-6-5-11-27-14-16)10-9-20-18(13-25)17-7-3-4-8-19(17)28-20/h3-8,11,14-15,22,28H,9-10,12-13H2,1-2H3,(H2,26,32)(H,29,33)(H,30,31)/t22-,25-/m0/s1. The third-order valence-electron chi connectivity index (χ3n) is 6.34. The van der Waals surface area contributed by atoms with Crippen LogP contribution in [0.25, 0.3) is 10.9 Å². The maximum Gasteiger partial charge on any atom is 0.246 e. The average molecular weight is 448 g/mol. The number of benzene rings is 1. The van der Waals surface area contributed by atoms with Crippen molar-refractivity contribution in [2.45, 2.75) is 51.1 Å². The summed E-state index contributed by atoms with van der Waals surface area (Å²) >= 11 is 0. The first-order chi connectivity index (χ1) is 15.8. The number of primary amides is 1. The summed E-state index contributed by atoms with van der Waals surface area (Å²) in [5, 5.41) is 6.86. The van der Waals surface area contributed by atoms with Gasteiger partial charge in [0.15, 0.2) is 0 Å². The van der Waals surface area contributed by atoms with E-state index in [1.54, 1.807) is 18.5 Å². The minimum Gasteiger partial charge on any atom is -0.368 e. The average Bonchev–Trinajstić information content (AvgIpc) is 3.15. The van der Waals surface area contributed by atoms with Crippen LogP contribution >= 0.6 is 0 Å². The van der Waals surface area contributed by atoms with E-state index < -0.39 is 23.4 Å². The summed E-state index contributed by atoms with van der Waals surface area (Å²) in [6, 6.07) is 10.7. The van der Waals surface area contributed by atoms with Gasteiger partial charge in [-0.1, -0.05) is 38.1 Å². The SMILES string of the molecule is CC(C)[C@H](NC(=O)[C@]1(NC(=O)Cc2cccnc2)CCc2[nH]c3ccccc3c2C1)C(N)=O. The van der Waals surface area contributed by atoms with Gasteiger partial charge in [0.1, 0.15) is 11.6 Å². The molecule has 3 aromatic rings. The highest BCUT2D eigenvalue weighted by molar-refractivity contribution is 5.96. The molecule has 172 valence electrons. The minimum atomic E-state index is -1.19. The third-order valence-corrected chi connectivity index (χ3v) is 6.34. The lowest BCUT2D eigenvalue weighted by atomic mass is 9.78. The van der Waals surface area contributed by atoms with Crippen LogP contribution in [0.15, 0.2) is 48.8 Å². The van der Waals surface area contributed by atoms with E-state index in [0.29, 0.717) is 19.3 Å². The Morgan fingerprint density at radius 3 is 2.67 bits per heavy atom. The van der Waals surface area contributed by atoms with Crippen LogP contribution in [0.3, 0.4) is 0 Å². The Morgan fingerprint density at radius 2 is 1.97 bits per heavy atom. The molecule has 2 heterocycles. The van der Waals surface area contributed by atoms with Gasteiger partial charge in [-0.05, 0) is 42.0 Å². The second-order valence-corrected chi connectivity index (χ2v) is 9.07. The molecule has 2 aromatic heterocycles. The monoisotopic (exact) mass is 447 g/mol. The van der Waals surface area contributed by atoms with Crippen LogP contribution in [-0.4, -0.2) is 39.3 Å². The van der Waals surface area contributed by atoms with Crippen molar-refractivity contribution in [1.29, 1.82) is 0 Å². The molecule has 1 aromatic carbocycles. The zero-order chi connectivity index (χ0) is 23.6. The molecule has 0 radical (unpaired) electrons. The molecule has 1 aliphatic carbocycles. The van der Waals surface area contributed by atoms with Crippen LogP contribution in [0, 0.1) is 5.92 Å². The Hall–Kier alpha value is -3.68. The number of carbonyl (C=O) groups excluding carboxylic acids is 3. The second-order valence-electron chi connectivity index (χ2n) is 9.07. The van der Waals surface area contributed by atoms with E-state index in [9.17, 15) is 14.4 Å². The van der Waals surface area contributed by atoms with Crippen LogP contribution in [0.4, 0.5) is 0 Å². The highest BCUT2D eigenvalue weighted by Crippen LogP contribution is 2.34. The highest BCUT2D eigenvalue weighted by atomic mass is 16.2. The minimum absolute atomic E-state index is 0.104. The van der Waals surface area contributed by atoms with Gasteiger partial charge in [-0.15, -0.1) is 0 Å².